The molecule has 0 amide bonds. The van der Waals surface area contributed by atoms with E-state index in [1.54, 1.807) is 0 Å². The molecule has 0 unspecified atom stereocenters. The van der Waals surface area contributed by atoms with Crippen LogP contribution < -0.4 is 0 Å². The van der Waals surface area contributed by atoms with Crippen molar-refractivity contribution < 1.29 is 0 Å². The lowest BCUT2D eigenvalue weighted by atomic mass is 10.1. The van der Waals surface area contributed by atoms with E-state index in [1.165, 1.54) is 25.7 Å². The van der Waals surface area contributed by atoms with Crippen molar-refractivity contribution in [3.05, 3.63) is 12.2 Å². The highest BCUT2D eigenvalue weighted by atomic mass is 13.9. The molecule has 10 heavy (non-hydrogen) atoms. The fourth-order valence-corrected chi connectivity index (χ4v) is 0.832. The third-order valence-electron chi connectivity index (χ3n) is 1.53. The molecule has 0 bridgehead atoms. The average molecular weight is 140 g/mol. The molecule has 60 valence electrons. The van der Waals surface area contributed by atoms with Crippen molar-refractivity contribution >= 4 is 0 Å². The van der Waals surface area contributed by atoms with E-state index in [1.807, 2.05) is 0 Å². The molecule has 0 aliphatic rings. The fourth-order valence-electron chi connectivity index (χ4n) is 0.832. The van der Waals surface area contributed by atoms with Gasteiger partial charge < -0.3 is 0 Å². The molecule has 0 aromatic heterocycles. The maximum atomic E-state index is 2.31. The molecule has 0 aromatic rings. The number of allylic oxidation sites excluding steroid dienone is 2. The fraction of sp³-hybridized carbons (Fsp3) is 0.800. The molecule has 0 heterocycles. The minimum atomic E-state index is 0.853. The van der Waals surface area contributed by atoms with Crippen LogP contribution in [0.3, 0.4) is 0 Å². The highest BCUT2D eigenvalue weighted by Crippen LogP contribution is 2.04. The van der Waals surface area contributed by atoms with Gasteiger partial charge in [0.1, 0.15) is 0 Å². The minimum absolute atomic E-state index is 0.853. The molecule has 0 saturated carbocycles. The summed E-state index contributed by atoms with van der Waals surface area (Å²) in [5.41, 5.74) is 0. The van der Waals surface area contributed by atoms with Crippen LogP contribution in [0.15, 0.2) is 12.2 Å². The number of hydrogen-bond donors (Lipinski definition) is 0. The molecule has 0 saturated heterocycles. The normalized spacial score (nSPS) is 11.6. The molecular formula is C10H20. The Bertz CT molecular complexity index is 80.0. The van der Waals surface area contributed by atoms with Gasteiger partial charge in [0.25, 0.3) is 0 Å². The van der Waals surface area contributed by atoms with Crippen molar-refractivity contribution in [2.24, 2.45) is 5.92 Å². The van der Waals surface area contributed by atoms with E-state index in [2.05, 4.69) is 32.9 Å². The van der Waals surface area contributed by atoms with E-state index in [4.69, 9.17) is 0 Å². The van der Waals surface area contributed by atoms with E-state index in [0.717, 1.165) is 5.92 Å². The first kappa shape index (κ1) is 9.74. The summed E-state index contributed by atoms with van der Waals surface area (Å²) in [4.78, 5) is 0. The Kier molecular flexibility index (Phi) is 6.68. The Morgan fingerprint density at radius 3 is 2.20 bits per heavy atom. The lowest BCUT2D eigenvalue weighted by Gasteiger charge is -1.98. The van der Waals surface area contributed by atoms with Gasteiger partial charge in [0.15, 0.2) is 0 Å². The molecule has 0 aromatic carbocycles. The van der Waals surface area contributed by atoms with Crippen molar-refractivity contribution in [3.8, 4) is 0 Å². The summed E-state index contributed by atoms with van der Waals surface area (Å²) in [6.07, 6.45) is 9.72. The second-order valence-electron chi connectivity index (χ2n) is 3.23. The van der Waals surface area contributed by atoms with E-state index < -0.39 is 0 Å². The van der Waals surface area contributed by atoms with Gasteiger partial charge in [0.05, 0.1) is 0 Å². The van der Waals surface area contributed by atoms with Crippen molar-refractivity contribution in [2.75, 3.05) is 0 Å². The van der Waals surface area contributed by atoms with Crippen LogP contribution in [0.25, 0.3) is 0 Å². The second-order valence-corrected chi connectivity index (χ2v) is 3.23. The molecule has 0 spiro atoms. The van der Waals surface area contributed by atoms with Crippen LogP contribution in [0.5, 0.6) is 0 Å². The number of rotatable bonds is 5. The van der Waals surface area contributed by atoms with E-state index in [9.17, 15) is 0 Å². The summed E-state index contributed by atoms with van der Waals surface area (Å²) in [6.45, 7) is 6.76. The van der Waals surface area contributed by atoms with Crippen LogP contribution >= 0.6 is 0 Å². The molecule has 0 atom stereocenters. The van der Waals surface area contributed by atoms with Gasteiger partial charge in [-0.25, -0.2) is 0 Å². The van der Waals surface area contributed by atoms with Crippen LogP contribution in [-0.4, -0.2) is 0 Å². The molecule has 0 rings (SSSR count). The lowest BCUT2D eigenvalue weighted by molar-refractivity contribution is 0.594. The Hall–Kier alpha value is -0.260. The Morgan fingerprint density at radius 1 is 1.10 bits per heavy atom. The third-order valence-corrected chi connectivity index (χ3v) is 1.53. The molecule has 0 fully saturated rings. The van der Waals surface area contributed by atoms with Gasteiger partial charge in [-0.3, -0.25) is 0 Å². The maximum absolute atomic E-state index is 2.31. The summed E-state index contributed by atoms with van der Waals surface area (Å²) < 4.78 is 0. The molecular weight excluding hydrogens is 120 g/mol. The number of unbranched alkanes of at least 4 members (excludes halogenated alkanes) is 1. The topological polar surface area (TPSA) is 0 Å². The van der Waals surface area contributed by atoms with Crippen LogP contribution in [-0.2, 0) is 0 Å². The van der Waals surface area contributed by atoms with Crippen LogP contribution in [0.1, 0.15) is 46.5 Å². The Balaban J connectivity index is 3.02. The summed E-state index contributed by atoms with van der Waals surface area (Å²) in [5.74, 6) is 0.853. The predicted molar refractivity (Wildman–Crippen MR) is 48.1 cm³/mol. The molecule has 0 radical (unpaired) electrons. The van der Waals surface area contributed by atoms with Crippen molar-refractivity contribution in [3.63, 3.8) is 0 Å². The van der Waals surface area contributed by atoms with Gasteiger partial charge in [-0.15, -0.1) is 0 Å². The zero-order chi connectivity index (χ0) is 7.82. The largest absolute Gasteiger partial charge is 0.0885 e. The summed E-state index contributed by atoms with van der Waals surface area (Å²) in [5, 5.41) is 0. The quantitative estimate of drug-likeness (QED) is 0.510. The van der Waals surface area contributed by atoms with E-state index in [-0.39, 0.29) is 0 Å². The average Bonchev–Trinajstić information content (AvgIpc) is 1.87. The monoisotopic (exact) mass is 140 g/mol. The van der Waals surface area contributed by atoms with Gasteiger partial charge >= 0.3 is 0 Å². The van der Waals surface area contributed by atoms with Crippen LogP contribution in [0, 0.1) is 5.92 Å². The maximum Gasteiger partial charge on any atom is -0.0348 e. The third kappa shape index (κ3) is 7.74. The number of hydrogen-bond acceptors (Lipinski definition) is 0. The highest BCUT2D eigenvalue weighted by molar-refractivity contribution is 4.80. The molecule has 0 aliphatic heterocycles. The molecule has 0 heteroatoms. The Labute approximate surface area is 65.3 Å². The van der Waals surface area contributed by atoms with Crippen molar-refractivity contribution in [1.29, 1.82) is 0 Å². The van der Waals surface area contributed by atoms with Gasteiger partial charge in [-0.1, -0.05) is 39.3 Å². The Morgan fingerprint density at radius 2 is 1.70 bits per heavy atom. The van der Waals surface area contributed by atoms with Crippen molar-refractivity contribution in [2.45, 2.75) is 46.5 Å². The highest BCUT2D eigenvalue weighted by Gasteiger charge is 1.88. The second kappa shape index (κ2) is 6.85. The van der Waals surface area contributed by atoms with Crippen LogP contribution in [0.2, 0.25) is 0 Å². The van der Waals surface area contributed by atoms with Gasteiger partial charge in [-0.05, 0) is 25.2 Å². The molecule has 0 aliphatic carbocycles. The SMILES string of the molecule is CCC/C=C\CCC(C)C. The van der Waals surface area contributed by atoms with Gasteiger partial charge in [0, 0.05) is 0 Å². The summed E-state index contributed by atoms with van der Waals surface area (Å²) in [7, 11) is 0. The van der Waals surface area contributed by atoms with E-state index >= 15 is 0 Å². The zero-order valence-electron chi connectivity index (χ0n) is 7.56. The first-order valence-electron chi connectivity index (χ1n) is 4.42. The summed E-state index contributed by atoms with van der Waals surface area (Å²) >= 11 is 0. The first-order chi connectivity index (χ1) is 4.77. The standard InChI is InChI=1S/C10H20/c1-4-5-6-7-8-9-10(2)3/h6-7,10H,4-5,8-9H2,1-3H3/b7-6-. The first-order valence-corrected chi connectivity index (χ1v) is 4.42. The van der Waals surface area contributed by atoms with Gasteiger partial charge in [-0.2, -0.15) is 0 Å². The van der Waals surface area contributed by atoms with Crippen molar-refractivity contribution in [1.82, 2.24) is 0 Å². The minimum Gasteiger partial charge on any atom is -0.0885 e. The lowest BCUT2D eigenvalue weighted by Crippen LogP contribution is -1.83. The zero-order valence-corrected chi connectivity index (χ0v) is 7.56. The predicted octanol–water partition coefficient (Wildman–Crippen LogP) is 3.78. The molecule has 0 nitrogen and oxygen atoms in total. The summed E-state index contributed by atoms with van der Waals surface area (Å²) in [6, 6.07) is 0. The molecule has 0 N–H and O–H groups in total. The van der Waals surface area contributed by atoms with Crippen LogP contribution in [0.4, 0.5) is 0 Å². The smallest absolute Gasteiger partial charge is 0.0348 e. The van der Waals surface area contributed by atoms with Gasteiger partial charge in [0.2, 0.25) is 0 Å². The van der Waals surface area contributed by atoms with E-state index in [0.29, 0.717) is 0 Å².